The van der Waals surface area contributed by atoms with Crippen molar-refractivity contribution in [1.29, 1.82) is 0 Å². The number of terminal acetylenes is 1. The molecule has 1 saturated heterocycles. The molecule has 0 saturated carbocycles. The number of anilines is 1. The van der Waals surface area contributed by atoms with E-state index >= 15 is 0 Å². The normalized spacial score (nSPS) is 19.9. The van der Waals surface area contributed by atoms with E-state index in [2.05, 4.69) is 5.92 Å². The molecule has 1 aliphatic heterocycles. The minimum Gasteiger partial charge on any atom is -0.310 e. The number of halogens is 2. The summed E-state index contributed by atoms with van der Waals surface area (Å²) in [5, 5.41) is 0.228. The van der Waals surface area contributed by atoms with Crippen LogP contribution in [-0.2, 0) is 4.79 Å². The molecule has 1 atom stereocenters. The fourth-order valence-corrected chi connectivity index (χ4v) is 2.02. The summed E-state index contributed by atoms with van der Waals surface area (Å²) in [4.78, 5) is 13.2. The van der Waals surface area contributed by atoms with E-state index in [4.69, 9.17) is 18.0 Å². The minimum atomic E-state index is -0.422. The van der Waals surface area contributed by atoms with Crippen LogP contribution in [0.3, 0.4) is 0 Å². The number of amides is 1. The van der Waals surface area contributed by atoms with E-state index in [9.17, 15) is 9.18 Å². The van der Waals surface area contributed by atoms with Crippen LogP contribution in [0.2, 0.25) is 5.02 Å². The topological polar surface area (TPSA) is 20.3 Å². The molecule has 2 nitrogen and oxygen atoms in total. The molecule has 1 fully saturated rings. The Balaban J connectivity index is 2.32. The van der Waals surface area contributed by atoms with Crippen LogP contribution >= 0.6 is 11.6 Å². The van der Waals surface area contributed by atoms with Gasteiger partial charge in [-0.05, 0) is 18.2 Å². The number of hydrogen-bond donors (Lipinski definition) is 0. The lowest BCUT2D eigenvalue weighted by Gasteiger charge is -2.17. The molecule has 1 unspecified atom stereocenters. The monoisotopic (exact) mass is 237 g/mol. The summed E-state index contributed by atoms with van der Waals surface area (Å²) in [5.41, 5.74) is 0.519. The zero-order valence-electron chi connectivity index (χ0n) is 8.41. The molecule has 16 heavy (non-hydrogen) atoms. The van der Waals surface area contributed by atoms with Gasteiger partial charge in [0.15, 0.2) is 0 Å². The second-order valence-corrected chi connectivity index (χ2v) is 4.07. The lowest BCUT2D eigenvalue weighted by atomic mass is 10.1. The molecule has 1 heterocycles. The number of hydrogen-bond acceptors (Lipinski definition) is 1. The molecule has 0 bridgehead atoms. The molecule has 82 valence electrons. The van der Waals surface area contributed by atoms with Crippen molar-refractivity contribution in [1.82, 2.24) is 0 Å². The van der Waals surface area contributed by atoms with Crippen molar-refractivity contribution >= 4 is 23.2 Å². The molecule has 0 spiro atoms. The second-order valence-electron chi connectivity index (χ2n) is 3.67. The Morgan fingerprint density at radius 1 is 1.56 bits per heavy atom. The van der Waals surface area contributed by atoms with E-state index in [1.165, 1.54) is 23.1 Å². The maximum atomic E-state index is 12.9. The molecule has 1 aromatic rings. The maximum Gasteiger partial charge on any atom is 0.228 e. The van der Waals surface area contributed by atoms with E-state index in [1.54, 1.807) is 0 Å². The zero-order chi connectivity index (χ0) is 11.7. The quantitative estimate of drug-likeness (QED) is 0.687. The van der Waals surface area contributed by atoms with Crippen molar-refractivity contribution in [2.75, 3.05) is 11.4 Å². The Bertz CT molecular complexity index is 480. The van der Waals surface area contributed by atoms with Gasteiger partial charge in [0, 0.05) is 18.9 Å². The summed E-state index contributed by atoms with van der Waals surface area (Å²) in [6.07, 6.45) is 5.60. The molecule has 0 radical (unpaired) electrons. The highest BCUT2D eigenvalue weighted by atomic mass is 35.5. The lowest BCUT2D eigenvalue weighted by Crippen LogP contribution is -2.24. The SMILES string of the molecule is C#CC1CC(=O)N(c2ccc(F)cc2Cl)C1. The lowest BCUT2D eigenvalue weighted by molar-refractivity contribution is -0.117. The third kappa shape index (κ3) is 1.89. The highest BCUT2D eigenvalue weighted by Gasteiger charge is 2.30. The minimum absolute atomic E-state index is 0.0727. The zero-order valence-corrected chi connectivity index (χ0v) is 9.17. The molecular formula is C12H9ClFNO. The standard InChI is InChI=1S/C12H9ClFNO/c1-2-8-5-12(16)15(7-8)11-4-3-9(14)6-10(11)13/h1,3-4,6,8H,5,7H2. The highest BCUT2D eigenvalue weighted by molar-refractivity contribution is 6.33. The van der Waals surface area contributed by atoms with Gasteiger partial charge in [0.05, 0.1) is 10.7 Å². The summed E-state index contributed by atoms with van der Waals surface area (Å²) < 4.78 is 12.9. The van der Waals surface area contributed by atoms with Crippen LogP contribution in [0.15, 0.2) is 18.2 Å². The summed E-state index contributed by atoms with van der Waals surface area (Å²) in [6.45, 7) is 0.445. The van der Waals surface area contributed by atoms with E-state index in [1.807, 2.05) is 0 Å². The van der Waals surface area contributed by atoms with Gasteiger partial charge in [-0.25, -0.2) is 4.39 Å². The van der Waals surface area contributed by atoms with Crippen LogP contribution in [-0.4, -0.2) is 12.5 Å². The molecule has 1 amide bonds. The van der Waals surface area contributed by atoms with Crippen molar-refractivity contribution in [3.05, 3.63) is 29.0 Å². The Labute approximate surface area is 98.0 Å². The smallest absolute Gasteiger partial charge is 0.228 e. The molecule has 2 rings (SSSR count). The number of rotatable bonds is 1. The van der Waals surface area contributed by atoms with Gasteiger partial charge in [0.1, 0.15) is 5.82 Å². The van der Waals surface area contributed by atoms with Crippen molar-refractivity contribution in [2.24, 2.45) is 5.92 Å². The van der Waals surface area contributed by atoms with Crippen LogP contribution in [0.1, 0.15) is 6.42 Å². The fourth-order valence-electron chi connectivity index (χ4n) is 1.75. The molecule has 1 aliphatic rings. The molecule has 4 heteroatoms. The van der Waals surface area contributed by atoms with E-state index in [0.717, 1.165) is 0 Å². The molecular weight excluding hydrogens is 229 g/mol. The van der Waals surface area contributed by atoms with Crippen molar-refractivity contribution < 1.29 is 9.18 Å². The number of benzene rings is 1. The summed E-state index contributed by atoms with van der Waals surface area (Å²) >= 11 is 5.88. The van der Waals surface area contributed by atoms with Crippen molar-refractivity contribution in [3.63, 3.8) is 0 Å². The van der Waals surface area contributed by atoms with Crippen molar-refractivity contribution in [2.45, 2.75) is 6.42 Å². The van der Waals surface area contributed by atoms with E-state index in [0.29, 0.717) is 18.7 Å². The molecule has 1 aromatic carbocycles. The first-order valence-corrected chi connectivity index (χ1v) is 5.21. The fraction of sp³-hybridized carbons (Fsp3) is 0.250. The van der Waals surface area contributed by atoms with Crippen LogP contribution in [0.4, 0.5) is 10.1 Å². The van der Waals surface area contributed by atoms with Gasteiger partial charge < -0.3 is 4.90 Å². The van der Waals surface area contributed by atoms with Gasteiger partial charge in [-0.1, -0.05) is 11.6 Å². The van der Waals surface area contributed by atoms with Gasteiger partial charge in [-0.3, -0.25) is 4.79 Å². The average molecular weight is 238 g/mol. The largest absolute Gasteiger partial charge is 0.310 e. The van der Waals surface area contributed by atoms with Crippen molar-refractivity contribution in [3.8, 4) is 12.3 Å². The Morgan fingerprint density at radius 3 is 2.88 bits per heavy atom. The predicted molar refractivity (Wildman–Crippen MR) is 60.7 cm³/mol. The van der Waals surface area contributed by atoms with Crippen LogP contribution in [0.5, 0.6) is 0 Å². The Morgan fingerprint density at radius 2 is 2.31 bits per heavy atom. The first-order chi connectivity index (χ1) is 7.61. The van der Waals surface area contributed by atoms with Crippen LogP contribution < -0.4 is 4.90 Å². The Kier molecular flexibility index (Phi) is 2.84. The summed E-state index contributed by atoms with van der Waals surface area (Å²) in [6, 6.07) is 3.96. The molecule has 0 aliphatic carbocycles. The number of carbonyl (C=O) groups excluding carboxylic acids is 1. The highest BCUT2D eigenvalue weighted by Crippen LogP contribution is 2.31. The molecule has 0 N–H and O–H groups in total. The van der Waals surface area contributed by atoms with Crippen LogP contribution in [0, 0.1) is 24.1 Å². The summed E-state index contributed by atoms with van der Waals surface area (Å²) in [7, 11) is 0. The third-order valence-electron chi connectivity index (χ3n) is 2.56. The first-order valence-electron chi connectivity index (χ1n) is 4.83. The maximum absolute atomic E-state index is 12.9. The van der Waals surface area contributed by atoms with Gasteiger partial charge in [0.2, 0.25) is 5.91 Å². The van der Waals surface area contributed by atoms with E-state index in [-0.39, 0.29) is 16.8 Å². The summed E-state index contributed by atoms with van der Waals surface area (Å²) in [5.74, 6) is 1.96. The van der Waals surface area contributed by atoms with Gasteiger partial charge in [-0.15, -0.1) is 12.3 Å². The van der Waals surface area contributed by atoms with Crippen LogP contribution in [0.25, 0.3) is 0 Å². The third-order valence-corrected chi connectivity index (χ3v) is 2.86. The van der Waals surface area contributed by atoms with Gasteiger partial charge in [-0.2, -0.15) is 0 Å². The average Bonchev–Trinajstić information content (AvgIpc) is 2.60. The Hall–Kier alpha value is -1.53. The second kappa shape index (κ2) is 4.15. The van der Waals surface area contributed by atoms with Gasteiger partial charge in [0.25, 0.3) is 0 Å². The van der Waals surface area contributed by atoms with Gasteiger partial charge >= 0.3 is 0 Å². The molecule has 0 aromatic heterocycles. The first kappa shape index (κ1) is 11.0. The number of carbonyl (C=O) groups is 1. The number of nitrogens with zero attached hydrogens (tertiary/aromatic N) is 1. The predicted octanol–water partition coefficient (Wildman–Crippen LogP) is 2.47. The van der Waals surface area contributed by atoms with E-state index < -0.39 is 5.82 Å².